The van der Waals surface area contributed by atoms with Gasteiger partial charge in [0.25, 0.3) is 6.02 Å². The first-order valence-electron chi connectivity index (χ1n) is 13.3. The van der Waals surface area contributed by atoms with Gasteiger partial charge in [0.15, 0.2) is 6.10 Å². The second-order valence-electron chi connectivity index (χ2n) is 10.8. The van der Waals surface area contributed by atoms with Gasteiger partial charge in [0.2, 0.25) is 5.91 Å². The summed E-state index contributed by atoms with van der Waals surface area (Å²) in [6, 6.07) is 10.5. The van der Waals surface area contributed by atoms with Crippen molar-refractivity contribution in [3.8, 4) is 0 Å². The third-order valence-electron chi connectivity index (χ3n) is 7.60. The summed E-state index contributed by atoms with van der Waals surface area (Å²) >= 11 is 4.57. The molecule has 0 spiro atoms. The Balaban J connectivity index is 1.28. The fraction of sp³-hybridized carbons (Fsp3) is 0.704. The molecule has 35 heavy (non-hydrogen) atoms. The first-order valence-corrected chi connectivity index (χ1v) is 14.0. The molecule has 2 N–H and O–H groups in total. The Hall–Kier alpha value is -1.77. The highest BCUT2D eigenvalue weighted by Gasteiger charge is 2.43. The normalized spacial score (nSPS) is 25.8. The van der Waals surface area contributed by atoms with Gasteiger partial charge in [-0.05, 0) is 64.7 Å². The molecule has 0 saturated carbocycles. The number of thiol groups is 1. The smallest absolute Gasteiger partial charge is 0.288 e. The Morgan fingerprint density at radius 3 is 2.60 bits per heavy atom. The van der Waals surface area contributed by atoms with Crippen LogP contribution in [0.2, 0.25) is 0 Å². The number of aliphatic imine (C=N–C) groups is 1. The quantitative estimate of drug-likeness (QED) is 0.422. The number of amides is 1. The predicted molar refractivity (Wildman–Crippen MR) is 145 cm³/mol. The summed E-state index contributed by atoms with van der Waals surface area (Å²) in [7, 11) is 0. The van der Waals surface area contributed by atoms with Gasteiger partial charge >= 0.3 is 0 Å². The third-order valence-corrected chi connectivity index (χ3v) is 8.02. The standard InChI is InChI=1S/C27H43N5O2S/c1-27(2)24(21-11-5-3-6-12-21)34-26(29-27)31-17-18-32(22(19-31)20-35)25(33)23(28)13-7-10-16-30-14-8-4-9-15-30/h3,5-6,11-12,22-24,35H,4,7-10,13-20,28H2,1-2H3/t22-,23+,24?/m0/s1. The molecule has 3 aliphatic rings. The SMILES string of the molecule is CC1(C)N=C(N2CCN(C(=O)[C@H](N)CCCCN3CCCCC3)[C@H](CS)C2)OC1c1ccccc1. The molecule has 1 aromatic rings. The predicted octanol–water partition coefficient (Wildman–Crippen LogP) is 3.32. The van der Waals surface area contributed by atoms with Crippen LogP contribution in [-0.4, -0.2) is 89.3 Å². The lowest BCUT2D eigenvalue weighted by Gasteiger charge is -2.42. The molecule has 3 heterocycles. The number of piperidine rings is 1. The molecule has 2 saturated heterocycles. The minimum Gasteiger partial charge on any atom is -0.454 e. The number of amidine groups is 1. The van der Waals surface area contributed by atoms with E-state index in [1.165, 1.54) is 32.4 Å². The Morgan fingerprint density at radius 2 is 1.89 bits per heavy atom. The molecule has 0 aliphatic carbocycles. The Labute approximate surface area is 216 Å². The van der Waals surface area contributed by atoms with Gasteiger partial charge in [-0.2, -0.15) is 12.6 Å². The van der Waals surface area contributed by atoms with Gasteiger partial charge in [0, 0.05) is 25.4 Å². The number of carbonyl (C=O) groups is 1. The minimum atomic E-state index is -0.438. The van der Waals surface area contributed by atoms with Gasteiger partial charge in [0.05, 0.1) is 12.1 Å². The second kappa shape index (κ2) is 12.0. The van der Waals surface area contributed by atoms with Crippen LogP contribution in [0.5, 0.6) is 0 Å². The highest BCUT2D eigenvalue weighted by molar-refractivity contribution is 7.80. The van der Waals surface area contributed by atoms with E-state index in [1.54, 1.807) is 0 Å². The van der Waals surface area contributed by atoms with Crippen molar-refractivity contribution in [3.63, 3.8) is 0 Å². The van der Waals surface area contributed by atoms with Gasteiger partial charge in [-0.3, -0.25) is 4.79 Å². The molecule has 1 aromatic carbocycles. The molecular weight excluding hydrogens is 458 g/mol. The molecule has 0 bridgehead atoms. The molecule has 3 atom stereocenters. The summed E-state index contributed by atoms with van der Waals surface area (Å²) in [5.74, 6) is 0.640. The highest BCUT2D eigenvalue weighted by atomic mass is 32.1. The first kappa shape index (κ1) is 26.3. The molecular formula is C27H43N5O2S. The van der Waals surface area contributed by atoms with Crippen molar-refractivity contribution in [2.45, 2.75) is 76.1 Å². The summed E-state index contributed by atoms with van der Waals surface area (Å²) in [5.41, 5.74) is 7.14. The van der Waals surface area contributed by atoms with Crippen molar-refractivity contribution in [3.05, 3.63) is 35.9 Å². The maximum Gasteiger partial charge on any atom is 0.288 e. The van der Waals surface area contributed by atoms with Crippen LogP contribution in [0.15, 0.2) is 35.3 Å². The van der Waals surface area contributed by atoms with Gasteiger partial charge in [-0.1, -0.05) is 43.2 Å². The van der Waals surface area contributed by atoms with Crippen LogP contribution in [0.25, 0.3) is 0 Å². The zero-order valence-electron chi connectivity index (χ0n) is 21.4. The van der Waals surface area contributed by atoms with E-state index < -0.39 is 6.04 Å². The number of ether oxygens (including phenoxy) is 1. The van der Waals surface area contributed by atoms with E-state index in [4.69, 9.17) is 15.5 Å². The maximum absolute atomic E-state index is 13.2. The Morgan fingerprint density at radius 1 is 1.14 bits per heavy atom. The van der Waals surface area contributed by atoms with Crippen LogP contribution < -0.4 is 5.73 Å². The molecule has 194 valence electrons. The number of unbranched alkanes of at least 4 members (excludes halogenated alkanes) is 1. The lowest BCUT2D eigenvalue weighted by Crippen LogP contribution is -2.60. The number of carbonyl (C=O) groups excluding carboxylic acids is 1. The van der Waals surface area contributed by atoms with Crippen molar-refractivity contribution in [2.75, 3.05) is 45.0 Å². The van der Waals surface area contributed by atoms with E-state index in [-0.39, 0.29) is 23.6 Å². The van der Waals surface area contributed by atoms with Gasteiger partial charge in [-0.25, -0.2) is 4.99 Å². The zero-order valence-corrected chi connectivity index (χ0v) is 22.3. The fourth-order valence-corrected chi connectivity index (χ4v) is 5.84. The Bertz CT molecular complexity index is 858. The van der Waals surface area contributed by atoms with Gasteiger partial charge < -0.3 is 25.2 Å². The van der Waals surface area contributed by atoms with Crippen molar-refractivity contribution in [1.29, 1.82) is 0 Å². The number of nitrogens with zero attached hydrogens (tertiary/aromatic N) is 4. The van der Waals surface area contributed by atoms with Crippen molar-refractivity contribution < 1.29 is 9.53 Å². The van der Waals surface area contributed by atoms with Crippen LogP contribution in [-0.2, 0) is 9.53 Å². The molecule has 0 aromatic heterocycles. The van der Waals surface area contributed by atoms with E-state index in [9.17, 15) is 4.79 Å². The van der Waals surface area contributed by atoms with E-state index in [1.807, 2.05) is 23.1 Å². The summed E-state index contributed by atoms with van der Waals surface area (Å²) < 4.78 is 6.37. The topological polar surface area (TPSA) is 74.4 Å². The summed E-state index contributed by atoms with van der Waals surface area (Å²) in [6.45, 7) is 9.75. The molecule has 0 radical (unpaired) electrons. The van der Waals surface area contributed by atoms with Crippen LogP contribution in [0.1, 0.15) is 64.0 Å². The number of benzene rings is 1. The monoisotopic (exact) mass is 501 g/mol. The average molecular weight is 502 g/mol. The van der Waals surface area contributed by atoms with Crippen LogP contribution >= 0.6 is 12.6 Å². The average Bonchev–Trinajstić information content (AvgIpc) is 3.21. The molecule has 1 amide bonds. The number of nitrogens with two attached hydrogens (primary N) is 1. The molecule has 7 nitrogen and oxygen atoms in total. The van der Waals surface area contributed by atoms with E-state index in [0.29, 0.717) is 31.4 Å². The number of rotatable bonds is 8. The van der Waals surface area contributed by atoms with E-state index in [2.05, 4.69) is 48.4 Å². The van der Waals surface area contributed by atoms with Crippen LogP contribution in [0.4, 0.5) is 0 Å². The summed E-state index contributed by atoms with van der Waals surface area (Å²) in [5, 5.41) is 0. The summed E-state index contributed by atoms with van der Waals surface area (Å²) in [6.07, 6.45) is 6.73. The number of hydrogen-bond acceptors (Lipinski definition) is 7. The lowest BCUT2D eigenvalue weighted by atomic mass is 9.93. The summed E-state index contributed by atoms with van der Waals surface area (Å²) in [4.78, 5) is 24.8. The minimum absolute atomic E-state index is 0.0100. The molecule has 3 aliphatic heterocycles. The third kappa shape index (κ3) is 6.52. The maximum atomic E-state index is 13.2. The molecule has 4 rings (SSSR count). The molecule has 2 fully saturated rings. The van der Waals surface area contributed by atoms with E-state index in [0.717, 1.165) is 31.4 Å². The highest BCUT2D eigenvalue weighted by Crippen LogP contribution is 2.38. The van der Waals surface area contributed by atoms with Crippen molar-refractivity contribution in [2.24, 2.45) is 10.7 Å². The van der Waals surface area contributed by atoms with Gasteiger partial charge in [-0.15, -0.1) is 0 Å². The fourth-order valence-electron chi connectivity index (χ4n) is 5.52. The Kier molecular flexibility index (Phi) is 9.00. The number of piperazine rings is 1. The van der Waals surface area contributed by atoms with E-state index >= 15 is 0 Å². The largest absolute Gasteiger partial charge is 0.454 e. The number of hydrogen-bond donors (Lipinski definition) is 2. The lowest BCUT2D eigenvalue weighted by molar-refractivity contribution is -0.136. The van der Waals surface area contributed by atoms with Crippen LogP contribution in [0.3, 0.4) is 0 Å². The number of likely N-dealkylation sites (tertiary alicyclic amines) is 1. The van der Waals surface area contributed by atoms with Crippen molar-refractivity contribution in [1.82, 2.24) is 14.7 Å². The van der Waals surface area contributed by atoms with Crippen LogP contribution in [0, 0.1) is 0 Å². The zero-order chi connectivity index (χ0) is 24.8. The molecule has 1 unspecified atom stereocenters. The first-order chi connectivity index (χ1) is 16.9. The molecule has 8 heteroatoms. The second-order valence-corrected chi connectivity index (χ2v) is 11.1. The van der Waals surface area contributed by atoms with Crippen molar-refractivity contribution >= 4 is 24.6 Å². The van der Waals surface area contributed by atoms with Gasteiger partial charge in [0.1, 0.15) is 5.54 Å².